The van der Waals surface area contributed by atoms with E-state index in [2.05, 4.69) is 47.8 Å². The summed E-state index contributed by atoms with van der Waals surface area (Å²) in [6.45, 7) is 5.59. The number of amides is 1. The minimum Gasteiger partial charge on any atom is -0.444 e. The van der Waals surface area contributed by atoms with E-state index in [-0.39, 0.29) is 18.6 Å². The van der Waals surface area contributed by atoms with Crippen LogP contribution < -0.4 is 5.32 Å². The van der Waals surface area contributed by atoms with Crippen molar-refractivity contribution in [2.75, 3.05) is 6.61 Å². The highest BCUT2D eigenvalue weighted by Gasteiger charge is 2.19. The Hall–Kier alpha value is -3.11. The fourth-order valence-electron chi connectivity index (χ4n) is 3.65. The van der Waals surface area contributed by atoms with Crippen LogP contribution in [-0.4, -0.2) is 29.4 Å². The second-order valence-corrected chi connectivity index (χ2v) is 9.16. The Morgan fingerprint density at radius 1 is 0.906 bits per heavy atom. The number of alkyl carbamates (subject to hydrolysis) is 1. The summed E-state index contributed by atoms with van der Waals surface area (Å²) in [4.78, 5) is 12.5. The van der Waals surface area contributed by atoms with E-state index in [0.717, 1.165) is 12.0 Å². The molecule has 4 heteroatoms. The Morgan fingerprint density at radius 3 is 2.28 bits per heavy atom. The Kier molecular flexibility index (Phi) is 8.07. The van der Waals surface area contributed by atoms with Crippen molar-refractivity contribution in [2.45, 2.75) is 45.3 Å². The van der Waals surface area contributed by atoms with Gasteiger partial charge >= 0.3 is 6.09 Å². The summed E-state index contributed by atoms with van der Waals surface area (Å²) in [6, 6.07) is 24.4. The Labute approximate surface area is 190 Å². The molecule has 0 fully saturated rings. The Bertz CT molecular complexity index is 1040. The summed E-state index contributed by atoms with van der Waals surface area (Å²) in [5, 5.41) is 15.2. The van der Waals surface area contributed by atoms with Crippen LogP contribution in [0, 0.1) is 5.92 Å². The lowest BCUT2D eigenvalue weighted by Gasteiger charge is -2.23. The molecule has 0 bridgehead atoms. The summed E-state index contributed by atoms with van der Waals surface area (Å²) in [5.41, 5.74) is 1.72. The molecule has 0 aliphatic rings. The van der Waals surface area contributed by atoms with Crippen molar-refractivity contribution in [2.24, 2.45) is 5.92 Å². The van der Waals surface area contributed by atoms with Crippen LogP contribution in [0.15, 0.2) is 84.9 Å². The molecule has 32 heavy (non-hydrogen) atoms. The topological polar surface area (TPSA) is 58.6 Å². The van der Waals surface area contributed by atoms with Gasteiger partial charge in [-0.15, -0.1) is 0 Å². The summed E-state index contributed by atoms with van der Waals surface area (Å²) in [7, 11) is 0. The lowest BCUT2D eigenvalue weighted by molar-refractivity contribution is 0.0514. The molecule has 2 N–H and O–H groups in total. The molecule has 4 nitrogen and oxygen atoms in total. The molecule has 0 aromatic heterocycles. The predicted molar refractivity (Wildman–Crippen MR) is 131 cm³/mol. The molecule has 2 atom stereocenters. The molecule has 0 aliphatic carbocycles. The van der Waals surface area contributed by atoms with Gasteiger partial charge in [0.1, 0.15) is 5.60 Å². The second-order valence-electron chi connectivity index (χ2n) is 9.16. The van der Waals surface area contributed by atoms with Gasteiger partial charge in [-0.2, -0.15) is 0 Å². The number of nitrogens with one attached hydrogen (secondary N) is 1. The van der Waals surface area contributed by atoms with Crippen LogP contribution in [0.25, 0.3) is 10.8 Å². The van der Waals surface area contributed by atoms with Crippen molar-refractivity contribution in [3.63, 3.8) is 0 Å². The molecule has 168 valence electrons. The standard InChI is InChI=1S/C28H33NO3/c1-28(2,3)32-27(31)29-26(16-14-23(20-30)17-21-9-5-4-6-10-21)19-22-13-15-24-11-7-8-12-25(24)18-22/h4-16,18,23,26,30H,17,19-20H2,1-3H3,(H,29,31)/b16-14+/t23?,26-/m0/s1. The third-order valence-electron chi connectivity index (χ3n) is 5.16. The number of rotatable bonds is 8. The van der Waals surface area contributed by atoms with Gasteiger partial charge in [-0.3, -0.25) is 0 Å². The molecule has 0 radical (unpaired) electrons. The maximum absolute atomic E-state index is 12.5. The third-order valence-corrected chi connectivity index (χ3v) is 5.16. The van der Waals surface area contributed by atoms with E-state index in [9.17, 15) is 9.90 Å². The lowest BCUT2D eigenvalue weighted by atomic mass is 9.97. The number of carbonyl (C=O) groups is 1. The van der Waals surface area contributed by atoms with E-state index in [4.69, 9.17) is 4.74 Å². The molecule has 0 aliphatic heterocycles. The first-order chi connectivity index (χ1) is 15.3. The van der Waals surface area contributed by atoms with Crippen LogP contribution in [0.1, 0.15) is 31.9 Å². The predicted octanol–water partition coefficient (Wildman–Crippen LogP) is 5.68. The zero-order valence-corrected chi connectivity index (χ0v) is 19.1. The normalized spacial score (nSPS) is 13.8. The van der Waals surface area contributed by atoms with Crippen LogP contribution in [-0.2, 0) is 17.6 Å². The largest absolute Gasteiger partial charge is 0.444 e. The zero-order chi connectivity index (χ0) is 23.0. The number of hydrogen-bond acceptors (Lipinski definition) is 3. The highest BCUT2D eigenvalue weighted by Crippen LogP contribution is 2.18. The summed E-state index contributed by atoms with van der Waals surface area (Å²) < 4.78 is 5.47. The van der Waals surface area contributed by atoms with Crippen molar-refractivity contribution in [1.82, 2.24) is 5.32 Å². The van der Waals surface area contributed by atoms with Crippen molar-refractivity contribution < 1.29 is 14.6 Å². The number of fused-ring (bicyclic) bond motifs is 1. The maximum Gasteiger partial charge on any atom is 0.408 e. The molecule has 1 unspecified atom stereocenters. The maximum atomic E-state index is 12.5. The molecule has 0 saturated heterocycles. The molecule has 0 heterocycles. The smallest absolute Gasteiger partial charge is 0.408 e. The molecule has 0 saturated carbocycles. The lowest BCUT2D eigenvalue weighted by Crippen LogP contribution is -2.39. The molecule has 3 rings (SSSR count). The first kappa shape index (κ1) is 23.6. The minimum atomic E-state index is -0.567. The van der Waals surface area contributed by atoms with Crippen LogP contribution in [0.4, 0.5) is 4.79 Å². The Morgan fingerprint density at radius 2 is 1.59 bits per heavy atom. The number of aliphatic hydroxyl groups is 1. The fraction of sp³-hybridized carbons (Fsp3) is 0.321. The van der Waals surface area contributed by atoms with Crippen molar-refractivity contribution >= 4 is 16.9 Å². The molecule has 3 aromatic rings. The van der Waals surface area contributed by atoms with Crippen molar-refractivity contribution in [3.8, 4) is 0 Å². The van der Waals surface area contributed by atoms with E-state index in [0.29, 0.717) is 6.42 Å². The summed E-state index contributed by atoms with van der Waals surface area (Å²) in [6.07, 6.45) is 4.89. The van der Waals surface area contributed by atoms with Gasteiger partial charge in [-0.05, 0) is 55.5 Å². The van der Waals surface area contributed by atoms with Crippen molar-refractivity contribution in [3.05, 3.63) is 96.1 Å². The number of benzene rings is 3. The number of ether oxygens (including phenoxy) is 1. The molecular formula is C28H33NO3. The van der Waals surface area contributed by atoms with Gasteiger partial charge in [-0.1, -0.05) is 84.9 Å². The molecule has 0 spiro atoms. The minimum absolute atomic E-state index is 0.0306. The van der Waals surface area contributed by atoms with Crippen molar-refractivity contribution in [1.29, 1.82) is 0 Å². The highest BCUT2D eigenvalue weighted by molar-refractivity contribution is 5.83. The monoisotopic (exact) mass is 431 g/mol. The first-order valence-electron chi connectivity index (χ1n) is 11.1. The van der Waals surface area contributed by atoms with E-state index in [1.54, 1.807) is 0 Å². The van der Waals surface area contributed by atoms with Crippen LogP contribution >= 0.6 is 0 Å². The van der Waals surface area contributed by atoms with Gasteiger partial charge in [0.25, 0.3) is 0 Å². The van der Waals surface area contributed by atoms with Gasteiger partial charge in [0, 0.05) is 12.5 Å². The van der Waals surface area contributed by atoms with Gasteiger partial charge in [0.05, 0.1) is 6.04 Å². The third kappa shape index (κ3) is 7.54. The Balaban J connectivity index is 1.76. The van der Waals surface area contributed by atoms with Crippen LogP contribution in [0.2, 0.25) is 0 Å². The van der Waals surface area contributed by atoms with E-state index in [1.807, 2.05) is 63.3 Å². The van der Waals surface area contributed by atoms with E-state index in [1.165, 1.54) is 16.3 Å². The average molecular weight is 432 g/mol. The van der Waals surface area contributed by atoms with Gasteiger partial charge in [0.2, 0.25) is 0 Å². The highest BCUT2D eigenvalue weighted by atomic mass is 16.6. The molecule has 1 amide bonds. The quantitative estimate of drug-likeness (QED) is 0.451. The number of aliphatic hydroxyl groups excluding tert-OH is 1. The molecule has 3 aromatic carbocycles. The van der Waals surface area contributed by atoms with Gasteiger partial charge in [-0.25, -0.2) is 4.79 Å². The van der Waals surface area contributed by atoms with Gasteiger partial charge < -0.3 is 15.2 Å². The number of carbonyl (C=O) groups excluding carboxylic acids is 1. The zero-order valence-electron chi connectivity index (χ0n) is 19.1. The first-order valence-corrected chi connectivity index (χ1v) is 11.1. The summed E-state index contributed by atoms with van der Waals surface area (Å²) >= 11 is 0. The fourth-order valence-corrected chi connectivity index (χ4v) is 3.65. The second kappa shape index (κ2) is 11.0. The number of hydrogen-bond donors (Lipinski definition) is 2. The van der Waals surface area contributed by atoms with E-state index < -0.39 is 11.7 Å². The average Bonchev–Trinajstić information content (AvgIpc) is 2.75. The SMILES string of the molecule is CC(C)(C)OC(=O)N[C@@H](/C=C/C(CO)Cc1ccccc1)Cc1ccc2ccccc2c1. The van der Waals surface area contributed by atoms with Gasteiger partial charge in [0.15, 0.2) is 0 Å². The van der Waals surface area contributed by atoms with Crippen LogP contribution in [0.3, 0.4) is 0 Å². The van der Waals surface area contributed by atoms with E-state index >= 15 is 0 Å². The van der Waals surface area contributed by atoms with Crippen LogP contribution in [0.5, 0.6) is 0 Å². The molecular weight excluding hydrogens is 398 g/mol. The summed E-state index contributed by atoms with van der Waals surface area (Å²) in [5.74, 6) is -0.0306.